The van der Waals surface area contributed by atoms with Crippen LogP contribution >= 0.6 is 0 Å². The molecule has 0 saturated heterocycles. The SMILES string of the molecule is C=CC(=O)N[C@H](C)c1cc(-c2nc(-c3cnc4c(c3)CN(C)[C@H](C)C4)c3occc3c2-c2c(F)cc(F)cc2OCCOC)n[nH]1. The number of benzene rings is 1. The number of nitrogens with one attached hydrogen (secondary N) is 2. The van der Waals surface area contributed by atoms with Crippen molar-refractivity contribution in [2.45, 2.75) is 38.9 Å². The molecule has 0 aliphatic carbocycles. The van der Waals surface area contributed by atoms with E-state index in [0.29, 0.717) is 50.9 Å². The number of furan rings is 1. The van der Waals surface area contributed by atoms with Crippen LogP contribution in [-0.4, -0.2) is 64.4 Å². The molecule has 0 unspecified atom stereocenters. The number of aromatic amines is 1. The van der Waals surface area contributed by atoms with Gasteiger partial charge in [0.25, 0.3) is 0 Å². The number of aromatic nitrogens is 4. The number of ether oxygens (including phenoxy) is 2. The first-order valence-corrected chi connectivity index (χ1v) is 14.9. The molecule has 238 valence electrons. The molecule has 1 aromatic carbocycles. The predicted octanol–water partition coefficient (Wildman–Crippen LogP) is 5.99. The van der Waals surface area contributed by atoms with Crippen molar-refractivity contribution in [1.82, 2.24) is 30.4 Å². The molecule has 0 bridgehead atoms. The molecule has 1 aliphatic heterocycles. The Morgan fingerprint density at radius 2 is 2.07 bits per heavy atom. The highest BCUT2D eigenvalue weighted by Crippen LogP contribution is 2.45. The van der Waals surface area contributed by atoms with Crippen molar-refractivity contribution in [2.24, 2.45) is 0 Å². The minimum Gasteiger partial charge on any atom is -0.490 e. The Hall–Kier alpha value is -4.94. The van der Waals surface area contributed by atoms with Crippen LogP contribution in [-0.2, 0) is 22.5 Å². The monoisotopic (exact) mass is 628 g/mol. The minimum atomic E-state index is -0.847. The second-order valence-corrected chi connectivity index (χ2v) is 11.4. The molecule has 2 atom stereocenters. The van der Waals surface area contributed by atoms with Crippen LogP contribution in [0, 0.1) is 11.6 Å². The predicted molar refractivity (Wildman–Crippen MR) is 169 cm³/mol. The third-order valence-corrected chi connectivity index (χ3v) is 8.27. The summed E-state index contributed by atoms with van der Waals surface area (Å²) in [6.45, 7) is 8.45. The zero-order valence-electron chi connectivity index (χ0n) is 26.0. The highest BCUT2D eigenvalue weighted by Gasteiger charge is 2.28. The Balaban J connectivity index is 1.59. The number of rotatable bonds is 10. The number of halogens is 2. The number of amides is 1. The molecule has 1 amide bonds. The van der Waals surface area contributed by atoms with E-state index >= 15 is 4.39 Å². The molecule has 46 heavy (non-hydrogen) atoms. The zero-order chi connectivity index (χ0) is 32.5. The average molecular weight is 629 g/mol. The van der Waals surface area contributed by atoms with E-state index in [1.807, 2.05) is 0 Å². The van der Waals surface area contributed by atoms with Gasteiger partial charge in [0, 0.05) is 66.7 Å². The first-order chi connectivity index (χ1) is 22.2. The number of hydrogen-bond donors (Lipinski definition) is 2. The van der Waals surface area contributed by atoms with E-state index in [1.54, 1.807) is 25.3 Å². The third kappa shape index (κ3) is 5.88. The molecular weight excluding hydrogens is 594 g/mol. The smallest absolute Gasteiger partial charge is 0.243 e. The summed E-state index contributed by atoms with van der Waals surface area (Å²) in [5.74, 6) is -2.02. The lowest BCUT2D eigenvalue weighted by atomic mass is 9.94. The molecule has 5 heterocycles. The lowest BCUT2D eigenvalue weighted by Gasteiger charge is -2.31. The minimum absolute atomic E-state index is 0.00492. The fraction of sp³-hybridized carbons (Fsp3) is 0.294. The molecular formula is C34H34F2N6O4. The Labute approximate surface area is 264 Å². The summed E-state index contributed by atoms with van der Waals surface area (Å²) in [5.41, 5.74) is 5.23. The number of fused-ring (bicyclic) bond motifs is 2. The van der Waals surface area contributed by atoms with Crippen LogP contribution in [0.1, 0.15) is 36.8 Å². The summed E-state index contributed by atoms with van der Waals surface area (Å²) in [4.78, 5) is 24.1. The normalized spacial score (nSPS) is 15.5. The number of methoxy groups -OCH3 is 1. The van der Waals surface area contributed by atoms with Gasteiger partial charge in [-0.2, -0.15) is 5.10 Å². The van der Waals surface area contributed by atoms with Gasteiger partial charge in [-0.25, -0.2) is 13.8 Å². The summed E-state index contributed by atoms with van der Waals surface area (Å²) in [6.07, 6.45) is 5.28. The second-order valence-electron chi connectivity index (χ2n) is 11.4. The second kappa shape index (κ2) is 12.8. The number of nitrogens with zero attached hydrogens (tertiary/aromatic N) is 4. The van der Waals surface area contributed by atoms with Gasteiger partial charge in [0.2, 0.25) is 5.91 Å². The summed E-state index contributed by atoms with van der Waals surface area (Å²) in [6, 6.07) is 7.34. The standard InChI is InChI=1S/C34H34F2N6O4/c1-6-29(43)38-19(3)25-15-27(41-40-25)33-30(31-24(36)13-22(35)14-28(31)45-10-9-44-5)23-7-8-46-34(23)32(39-33)20-12-21-17-42(4)18(2)11-26(21)37-16-20/h6-8,12-16,18-19H,1,9-11,17H2,2-5H3,(H,38,43)(H,40,41)/t18-,19-/m1/s1. The van der Waals surface area contributed by atoms with Gasteiger partial charge in [-0.15, -0.1) is 0 Å². The van der Waals surface area contributed by atoms with Crippen LogP contribution in [0.25, 0.3) is 44.7 Å². The van der Waals surface area contributed by atoms with E-state index in [1.165, 1.54) is 19.4 Å². The first-order valence-electron chi connectivity index (χ1n) is 14.9. The van der Waals surface area contributed by atoms with Crippen molar-refractivity contribution in [3.63, 3.8) is 0 Å². The van der Waals surface area contributed by atoms with Crippen molar-refractivity contribution < 1.29 is 27.5 Å². The molecule has 6 rings (SSSR count). The number of carbonyl (C=O) groups excluding carboxylic acids is 1. The topological polar surface area (TPSA) is 118 Å². The summed E-state index contributed by atoms with van der Waals surface area (Å²) >= 11 is 0. The maximum absolute atomic E-state index is 15.9. The molecule has 1 aliphatic rings. The van der Waals surface area contributed by atoms with Gasteiger partial charge in [0.05, 0.1) is 30.2 Å². The summed E-state index contributed by atoms with van der Waals surface area (Å²) in [5, 5.41) is 10.8. The zero-order valence-corrected chi connectivity index (χ0v) is 26.0. The van der Waals surface area contributed by atoms with Gasteiger partial charge in [-0.1, -0.05) is 6.58 Å². The number of pyridine rings is 2. The molecule has 0 fully saturated rings. The van der Waals surface area contributed by atoms with Crippen molar-refractivity contribution in [3.8, 4) is 39.5 Å². The molecule has 4 aromatic heterocycles. The van der Waals surface area contributed by atoms with E-state index < -0.39 is 17.7 Å². The number of likely N-dealkylation sites (N-methyl/N-ethyl adjacent to an activating group) is 1. The number of hydrogen-bond acceptors (Lipinski definition) is 8. The van der Waals surface area contributed by atoms with Crippen molar-refractivity contribution in [2.75, 3.05) is 27.4 Å². The van der Waals surface area contributed by atoms with E-state index in [2.05, 4.69) is 47.0 Å². The van der Waals surface area contributed by atoms with Crippen LogP contribution in [0.3, 0.4) is 0 Å². The van der Waals surface area contributed by atoms with Gasteiger partial charge in [-0.3, -0.25) is 19.8 Å². The highest BCUT2D eigenvalue weighted by atomic mass is 19.1. The fourth-order valence-corrected chi connectivity index (χ4v) is 5.69. The van der Waals surface area contributed by atoms with Gasteiger partial charge in [0.15, 0.2) is 5.58 Å². The van der Waals surface area contributed by atoms with E-state index in [9.17, 15) is 9.18 Å². The van der Waals surface area contributed by atoms with Crippen LogP contribution in [0.5, 0.6) is 5.75 Å². The van der Waals surface area contributed by atoms with Gasteiger partial charge in [-0.05, 0) is 50.7 Å². The van der Waals surface area contributed by atoms with Crippen LogP contribution in [0.15, 0.2) is 59.9 Å². The fourth-order valence-electron chi connectivity index (χ4n) is 5.69. The molecule has 0 saturated carbocycles. The van der Waals surface area contributed by atoms with Crippen molar-refractivity contribution in [1.29, 1.82) is 0 Å². The molecule has 0 radical (unpaired) electrons. The molecule has 10 nitrogen and oxygen atoms in total. The Bertz CT molecular complexity index is 1940. The highest BCUT2D eigenvalue weighted by molar-refractivity contribution is 6.06. The van der Waals surface area contributed by atoms with Crippen LogP contribution < -0.4 is 10.1 Å². The quantitative estimate of drug-likeness (QED) is 0.143. The molecule has 5 aromatic rings. The van der Waals surface area contributed by atoms with Crippen LogP contribution in [0.2, 0.25) is 0 Å². The maximum atomic E-state index is 15.9. The molecule has 2 N–H and O–H groups in total. The molecule has 12 heteroatoms. The summed E-state index contributed by atoms with van der Waals surface area (Å²) in [7, 11) is 3.58. The van der Waals surface area contributed by atoms with E-state index in [-0.39, 0.29) is 30.4 Å². The van der Waals surface area contributed by atoms with E-state index in [0.717, 1.165) is 36.4 Å². The van der Waals surface area contributed by atoms with Gasteiger partial charge < -0.3 is 19.2 Å². The Morgan fingerprint density at radius 1 is 1.24 bits per heavy atom. The lowest BCUT2D eigenvalue weighted by molar-refractivity contribution is -0.117. The van der Waals surface area contributed by atoms with Crippen molar-refractivity contribution >= 4 is 16.9 Å². The lowest BCUT2D eigenvalue weighted by Crippen LogP contribution is -2.35. The summed E-state index contributed by atoms with van der Waals surface area (Å²) < 4.78 is 47.4. The van der Waals surface area contributed by atoms with E-state index in [4.69, 9.17) is 23.9 Å². The Morgan fingerprint density at radius 3 is 2.85 bits per heavy atom. The van der Waals surface area contributed by atoms with Gasteiger partial charge in [0.1, 0.15) is 41.1 Å². The first kappa shape index (κ1) is 31.1. The van der Waals surface area contributed by atoms with Crippen LogP contribution in [0.4, 0.5) is 8.78 Å². The molecule has 0 spiro atoms. The number of H-pyrrole nitrogens is 1. The average Bonchev–Trinajstić information content (AvgIpc) is 3.72. The van der Waals surface area contributed by atoms with Crippen molar-refractivity contribution in [3.05, 3.63) is 84.0 Å². The third-order valence-electron chi connectivity index (χ3n) is 8.27. The van der Waals surface area contributed by atoms with Gasteiger partial charge >= 0.3 is 0 Å². The number of carbonyl (C=O) groups is 1. The Kier molecular flexibility index (Phi) is 8.65. The maximum Gasteiger partial charge on any atom is 0.243 e. The largest absolute Gasteiger partial charge is 0.490 e.